The van der Waals surface area contributed by atoms with Crippen LogP contribution in [0.4, 0.5) is 0 Å². The van der Waals surface area contributed by atoms with Gasteiger partial charge in [0, 0.05) is 6.54 Å². The van der Waals surface area contributed by atoms with Crippen molar-refractivity contribution in [2.75, 3.05) is 13.2 Å². The lowest BCUT2D eigenvalue weighted by Crippen LogP contribution is -2.40. The van der Waals surface area contributed by atoms with Crippen LogP contribution in [-0.2, 0) is 9.22 Å². The highest BCUT2D eigenvalue weighted by molar-refractivity contribution is 6.74. The van der Waals surface area contributed by atoms with E-state index in [4.69, 9.17) is 10.8 Å². The molecule has 0 aliphatic heterocycles. The molecule has 0 aliphatic carbocycles. The van der Waals surface area contributed by atoms with Crippen LogP contribution in [0.25, 0.3) is 0 Å². The number of rotatable bonds is 8. The molecule has 0 unspecified atom stereocenters. The minimum Gasteiger partial charge on any atom is -0.413 e. The third kappa shape index (κ3) is 9.42. The highest BCUT2D eigenvalue weighted by Crippen LogP contribution is 2.36. The van der Waals surface area contributed by atoms with Gasteiger partial charge in [0.2, 0.25) is 0 Å². The fourth-order valence-electron chi connectivity index (χ4n) is 1.60. The third-order valence-electron chi connectivity index (χ3n) is 4.37. The van der Waals surface area contributed by atoms with Gasteiger partial charge in [-0.1, -0.05) is 44.1 Å². The Morgan fingerprint density at radius 3 is 2.35 bits per heavy atom. The number of allylic oxidation sites excluding steroid dienone is 2. The standard InChI is InChI=1S/C19H33NO2Si/c1-9-18(21)20-15-17(3)12-10-11-16(2)13-14-22-23(7,8)19(4,5)6/h1,12-13H,10-11,14-15H2,2-8H3,(H,20,21)/b16-13+,17-12+. The summed E-state index contributed by atoms with van der Waals surface area (Å²) in [7, 11) is -1.66. The van der Waals surface area contributed by atoms with Gasteiger partial charge in [0.05, 0.1) is 6.61 Å². The lowest BCUT2D eigenvalue weighted by atomic mass is 10.1. The predicted molar refractivity (Wildman–Crippen MR) is 102 cm³/mol. The molecule has 4 heteroatoms. The van der Waals surface area contributed by atoms with Gasteiger partial charge in [0.15, 0.2) is 8.32 Å². The van der Waals surface area contributed by atoms with Crippen LogP contribution in [0, 0.1) is 12.3 Å². The Balaban J connectivity index is 4.18. The maximum atomic E-state index is 11.0. The van der Waals surface area contributed by atoms with Crippen LogP contribution in [0.15, 0.2) is 23.3 Å². The maximum absolute atomic E-state index is 11.0. The second-order valence-corrected chi connectivity index (χ2v) is 12.3. The monoisotopic (exact) mass is 335 g/mol. The van der Waals surface area contributed by atoms with E-state index < -0.39 is 8.32 Å². The van der Waals surface area contributed by atoms with Gasteiger partial charge in [-0.15, -0.1) is 6.42 Å². The fourth-order valence-corrected chi connectivity index (χ4v) is 2.53. The van der Waals surface area contributed by atoms with E-state index in [-0.39, 0.29) is 10.9 Å². The van der Waals surface area contributed by atoms with Gasteiger partial charge in [-0.05, 0) is 50.7 Å². The minimum absolute atomic E-state index is 0.247. The fraction of sp³-hybridized carbons (Fsp3) is 0.632. The van der Waals surface area contributed by atoms with Crippen molar-refractivity contribution in [1.82, 2.24) is 5.32 Å². The number of hydrogen-bond acceptors (Lipinski definition) is 2. The maximum Gasteiger partial charge on any atom is 0.295 e. The van der Waals surface area contributed by atoms with Crippen molar-refractivity contribution in [1.29, 1.82) is 0 Å². The van der Waals surface area contributed by atoms with Crippen LogP contribution in [0.5, 0.6) is 0 Å². The molecule has 1 amide bonds. The SMILES string of the molecule is C#CC(=O)NC/C(C)=C/CC/C(C)=C/CO[Si](C)(C)C(C)(C)C. The van der Waals surface area contributed by atoms with Crippen LogP contribution < -0.4 is 5.32 Å². The lowest BCUT2D eigenvalue weighted by Gasteiger charge is -2.35. The van der Waals surface area contributed by atoms with E-state index in [2.05, 4.69) is 58.3 Å². The van der Waals surface area contributed by atoms with Crippen molar-refractivity contribution >= 4 is 14.2 Å². The Kier molecular flexibility index (Phi) is 9.19. The summed E-state index contributed by atoms with van der Waals surface area (Å²) < 4.78 is 6.15. The molecule has 3 nitrogen and oxygen atoms in total. The number of carbonyl (C=O) groups excluding carboxylic acids is 1. The molecule has 0 fully saturated rings. The quantitative estimate of drug-likeness (QED) is 0.405. The van der Waals surface area contributed by atoms with E-state index in [1.807, 2.05) is 12.8 Å². The van der Waals surface area contributed by atoms with Crippen molar-refractivity contribution in [2.24, 2.45) is 0 Å². The zero-order chi connectivity index (χ0) is 18.1. The molecule has 1 N–H and O–H groups in total. The van der Waals surface area contributed by atoms with Crippen molar-refractivity contribution in [3.63, 3.8) is 0 Å². The van der Waals surface area contributed by atoms with Crippen LogP contribution in [0.2, 0.25) is 18.1 Å². The summed E-state index contributed by atoms with van der Waals surface area (Å²) in [5, 5.41) is 2.91. The molecule has 0 aromatic rings. The molecule has 0 aliphatic rings. The predicted octanol–water partition coefficient (Wildman–Crippen LogP) is 4.43. The summed E-state index contributed by atoms with van der Waals surface area (Å²) >= 11 is 0. The molecule has 0 bridgehead atoms. The van der Waals surface area contributed by atoms with Gasteiger partial charge in [0.1, 0.15) is 0 Å². The van der Waals surface area contributed by atoms with Gasteiger partial charge < -0.3 is 9.74 Å². The topological polar surface area (TPSA) is 38.3 Å². The zero-order valence-corrected chi connectivity index (χ0v) is 16.9. The minimum atomic E-state index is -1.66. The van der Waals surface area contributed by atoms with Gasteiger partial charge in [-0.3, -0.25) is 4.79 Å². The number of carbonyl (C=O) groups is 1. The highest BCUT2D eigenvalue weighted by Gasteiger charge is 2.36. The number of nitrogens with one attached hydrogen (secondary N) is 1. The molecule has 0 radical (unpaired) electrons. The van der Waals surface area contributed by atoms with E-state index in [0.717, 1.165) is 18.4 Å². The normalized spacial score (nSPS) is 13.7. The van der Waals surface area contributed by atoms with Gasteiger partial charge >= 0.3 is 0 Å². The summed E-state index contributed by atoms with van der Waals surface area (Å²) in [6.07, 6.45) is 11.3. The highest BCUT2D eigenvalue weighted by atomic mass is 28.4. The van der Waals surface area contributed by atoms with Crippen molar-refractivity contribution in [3.05, 3.63) is 23.3 Å². The molecule has 0 saturated carbocycles. The summed E-state index contributed by atoms with van der Waals surface area (Å²) in [5.74, 6) is 1.68. The Morgan fingerprint density at radius 1 is 1.22 bits per heavy atom. The average molecular weight is 336 g/mol. The lowest BCUT2D eigenvalue weighted by molar-refractivity contribution is -0.115. The molecule has 0 aromatic heterocycles. The molecular weight excluding hydrogens is 302 g/mol. The molecular formula is C19H33NO2Si. The first-order chi connectivity index (χ1) is 10.5. The van der Waals surface area contributed by atoms with E-state index in [1.165, 1.54) is 5.57 Å². The van der Waals surface area contributed by atoms with E-state index in [0.29, 0.717) is 13.2 Å². The van der Waals surface area contributed by atoms with Crippen LogP contribution in [-0.4, -0.2) is 27.4 Å². The molecule has 0 rings (SSSR count). The second-order valence-electron chi connectivity index (χ2n) is 7.54. The van der Waals surface area contributed by atoms with E-state index in [1.54, 1.807) is 0 Å². The number of terminal acetylenes is 1. The van der Waals surface area contributed by atoms with Crippen molar-refractivity contribution in [3.8, 4) is 12.3 Å². The molecule has 0 heterocycles. The zero-order valence-electron chi connectivity index (χ0n) is 15.9. The first kappa shape index (κ1) is 21.7. The molecule has 0 aromatic carbocycles. The Morgan fingerprint density at radius 2 is 1.83 bits per heavy atom. The summed E-state index contributed by atoms with van der Waals surface area (Å²) in [4.78, 5) is 11.0. The summed E-state index contributed by atoms with van der Waals surface area (Å²) in [6.45, 7) is 16.6. The Labute approximate surface area is 143 Å². The average Bonchev–Trinajstić information content (AvgIpc) is 2.43. The largest absolute Gasteiger partial charge is 0.413 e. The molecule has 0 saturated heterocycles. The van der Waals surface area contributed by atoms with Gasteiger partial charge in [-0.2, -0.15) is 0 Å². The van der Waals surface area contributed by atoms with Gasteiger partial charge in [0.25, 0.3) is 5.91 Å². The molecule has 0 spiro atoms. The van der Waals surface area contributed by atoms with E-state index >= 15 is 0 Å². The molecule has 130 valence electrons. The summed E-state index contributed by atoms with van der Waals surface area (Å²) in [5.41, 5.74) is 2.46. The number of hydrogen-bond donors (Lipinski definition) is 1. The van der Waals surface area contributed by atoms with Crippen molar-refractivity contribution in [2.45, 2.75) is 65.6 Å². The first-order valence-electron chi connectivity index (χ1n) is 8.19. The molecule has 0 atom stereocenters. The first-order valence-corrected chi connectivity index (χ1v) is 11.1. The Bertz CT molecular complexity index is 490. The molecule has 23 heavy (non-hydrogen) atoms. The van der Waals surface area contributed by atoms with E-state index in [9.17, 15) is 4.79 Å². The van der Waals surface area contributed by atoms with Crippen LogP contribution >= 0.6 is 0 Å². The third-order valence-corrected chi connectivity index (χ3v) is 8.87. The summed E-state index contributed by atoms with van der Waals surface area (Å²) in [6, 6.07) is 0. The van der Waals surface area contributed by atoms with Crippen LogP contribution in [0.1, 0.15) is 47.5 Å². The smallest absolute Gasteiger partial charge is 0.295 e. The van der Waals surface area contributed by atoms with Crippen molar-refractivity contribution < 1.29 is 9.22 Å². The van der Waals surface area contributed by atoms with Crippen LogP contribution in [0.3, 0.4) is 0 Å². The van der Waals surface area contributed by atoms with Gasteiger partial charge in [-0.25, -0.2) is 0 Å². The second kappa shape index (κ2) is 9.74. The Hall–Kier alpha value is -1.31. The number of amides is 1.